The van der Waals surface area contributed by atoms with Crippen LogP contribution in [0.5, 0.6) is 0 Å². The van der Waals surface area contributed by atoms with Crippen molar-refractivity contribution in [3.05, 3.63) is 23.9 Å². The molecule has 0 radical (unpaired) electrons. The first-order valence-electron chi connectivity index (χ1n) is 7.72. The summed E-state index contributed by atoms with van der Waals surface area (Å²) in [5.41, 5.74) is 6.72. The van der Waals surface area contributed by atoms with Gasteiger partial charge in [0.1, 0.15) is 5.82 Å². The molecular weight excluding hydrogens is 351 g/mol. The average molecular weight is 377 g/mol. The molecule has 0 spiro atoms. The normalized spacial score (nSPS) is 18.0. The first kappa shape index (κ1) is 22.6. The molecule has 2 heterocycles. The summed E-state index contributed by atoms with van der Waals surface area (Å²) in [5, 5.41) is 2.83. The number of hydrogen-bond acceptors (Lipinski definition) is 4. The number of halogens is 2. The molecule has 6 nitrogen and oxygen atoms in total. The van der Waals surface area contributed by atoms with Gasteiger partial charge in [0.25, 0.3) is 0 Å². The van der Waals surface area contributed by atoms with Crippen LogP contribution >= 0.6 is 24.8 Å². The molecular formula is C16H26Cl2N4O2. The molecule has 1 saturated heterocycles. The number of nitrogens with two attached hydrogens (primary N) is 1. The quantitative estimate of drug-likeness (QED) is 0.842. The number of nitrogens with zero attached hydrogens (tertiary/aromatic N) is 2. The summed E-state index contributed by atoms with van der Waals surface area (Å²) < 4.78 is 0. The molecule has 24 heavy (non-hydrogen) atoms. The standard InChI is InChI=1S/C16H24N4O2.2ClH/c1-11-5-6-14(18-9-11)19-16(22)13-4-3-7-20(10-13)15(21)8-12(2)17;;/h5-6,9,12-13H,3-4,7-8,10,17H2,1-2H3,(H,18,19,22);2*1H. The van der Waals surface area contributed by atoms with Gasteiger partial charge in [-0.05, 0) is 38.3 Å². The number of aromatic nitrogens is 1. The summed E-state index contributed by atoms with van der Waals surface area (Å²) in [6.45, 7) is 4.93. The van der Waals surface area contributed by atoms with Crippen LogP contribution in [0.2, 0.25) is 0 Å². The number of nitrogens with one attached hydrogen (secondary N) is 1. The summed E-state index contributed by atoms with van der Waals surface area (Å²) in [6.07, 6.45) is 3.67. The van der Waals surface area contributed by atoms with Gasteiger partial charge in [-0.1, -0.05) is 6.07 Å². The van der Waals surface area contributed by atoms with E-state index < -0.39 is 0 Å². The highest BCUT2D eigenvalue weighted by Crippen LogP contribution is 2.19. The lowest BCUT2D eigenvalue weighted by molar-refractivity contribution is -0.134. The molecule has 0 aliphatic carbocycles. The second-order valence-corrected chi connectivity index (χ2v) is 6.07. The van der Waals surface area contributed by atoms with Gasteiger partial charge in [-0.25, -0.2) is 4.98 Å². The molecule has 8 heteroatoms. The van der Waals surface area contributed by atoms with Crippen LogP contribution in [-0.4, -0.2) is 40.8 Å². The molecule has 1 aromatic heterocycles. The van der Waals surface area contributed by atoms with Gasteiger partial charge in [0.05, 0.1) is 5.92 Å². The SMILES string of the molecule is Cc1ccc(NC(=O)C2CCCN(C(=O)CC(C)N)C2)nc1.Cl.Cl. The number of rotatable bonds is 4. The van der Waals surface area contributed by atoms with Crippen LogP contribution in [-0.2, 0) is 9.59 Å². The molecule has 0 saturated carbocycles. The second-order valence-electron chi connectivity index (χ2n) is 6.07. The van der Waals surface area contributed by atoms with Gasteiger partial charge >= 0.3 is 0 Å². The zero-order valence-electron chi connectivity index (χ0n) is 14.0. The Labute approximate surface area is 155 Å². The minimum atomic E-state index is -0.186. The van der Waals surface area contributed by atoms with Crippen molar-refractivity contribution >= 4 is 42.4 Å². The predicted octanol–water partition coefficient (Wildman–Crippen LogP) is 2.15. The first-order chi connectivity index (χ1) is 10.5. The third kappa shape index (κ3) is 6.63. The topological polar surface area (TPSA) is 88.3 Å². The molecule has 1 aromatic rings. The third-order valence-electron chi connectivity index (χ3n) is 3.80. The molecule has 2 unspecified atom stereocenters. The van der Waals surface area contributed by atoms with E-state index in [0.29, 0.717) is 25.3 Å². The summed E-state index contributed by atoms with van der Waals surface area (Å²) in [6, 6.07) is 3.54. The Hall–Kier alpha value is -1.37. The molecule has 136 valence electrons. The third-order valence-corrected chi connectivity index (χ3v) is 3.80. The average Bonchev–Trinajstić information content (AvgIpc) is 2.49. The van der Waals surface area contributed by atoms with Crippen molar-refractivity contribution in [3.8, 4) is 0 Å². The monoisotopic (exact) mass is 376 g/mol. The van der Waals surface area contributed by atoms with Crippen molar-refractivity contribution in [3.63, 3.8) is 0 Å². The fourth-order valence-electron chi connectivity index (χ4n) is 2.59. The van der Waals surface area contributed by atoms with Gasteiger partial charge in [0.2, 0.25) is 11.8 Å². The van der Waals surface area contributed by atoms with Gasteiger partial charge in [0, 0.05) is 31.7 Å². The fourth-order valence-corrected chi connectivity index (χ4v) is 2.59. The Morgan fingerprint density at radius 1 is 1.42 bits per heavy atom. The molecule has 1 fully saturated rings. The zero-order chi connectivity index (χ0) is 16.1. The number of piperidine rings is 1. The number of carbonyl (C=O) groups excluding carboxylic acids is 2. The summed E-state index contributed by atoms with van der Waals surface area (Å²) in [5.74, 6) is 0.319. The largest absolute Gasteiger partial charge is 0.342 e. The van der Waals surface area contributed by atoms with Gasteiger partial charge in [-0.2, -0.15) is 0 Å². The molecule has 3 N–H and O–H groups in total. The van der Waals surface area contributed by atoms with E-state index in [0.717, 1.165) is 18.4 Å². The Morgan fingerprint density at radius 2 is 2.12 bits per heavy atom. The van der Waals surface area contributed by atoms with Crippen LogP contribution in [0.25, 0.3) is 0 Å². The number of amides is 2. The van der Waals surface area contributed by atoms with E-state index in [1.165, 1.54) is 0 Å². The highest BCUT2D eigenvalue weighted by molar-refractivity contribution is 5.92. The lowest BCUT2D eigenvalue weighted by atomic mass is 9.96. The molecule has 2 atom stereocenters. The molecule has 2 rings (SSSR count). The van der Waals surface area contributed by atoms with Gasteiger partial charge in [-0.3, -0.25) is 9.59 Å². The Morgan fingerprint density at radius 3 is 2.71 bits per heavy atom. The van der Waals surface area contributed by atoms with Crippen molar-refractivity contribution in [1.29, 1.82) is 0 Å². The summed E-state index contributed by atoms with van der Waals surface area (Å²) >= 11 is 0. The maximum atomic E-state index is 12.3. The van der Waals surface area contributed by atoms with E-state index in [1.807, 2.05) is 19.9 Å². The number of pyridine rings is 1. The first-order valence-corrected chi connectivity index (χ1v) is 7.72. The molecule has 1 aliphatic rings. The van der Waals surface area contributed by atoms with E-state index >= 15 is 0 Å². The van der Waals surface area contributed by atoms with E-state index in [4.69, 9.17) is 5.73 Å². The smallest absolute Gasteiger partial charge is 0.230 e. The van der Waals surface area contributed by atoms with E-state index in [1.54, 1.807) is 17.2 Å². The number of anilines is 1. The van der Waals surface area contributed by atoms with Crippen LogP contribution < -0.4 is 11.1 Å². The zero-order valence-corrected chi connectivity index (χ0v) is 15.7. The molecule has 2 amide bonds. The van der Waals surface area contributed by atoms with Crippen LogP contribution in [0.3, 0.4) is 0 Å². The Balaban J connectivity index is 0.00000264. The molecule has 0 bridgehead atoms. The van der Waals surface area contributed by atoms with Crippen molar-refractivity contribution in [1.82, 2.24) is 9.88 Å². The summed E-state index contributed by atoms with van der Waals surface area (Å²) in [4.78, 5) is 30.3. The van der Waals surface area contributed by atoms with Crippen LogP contribution in [0.15, 0.2) is 18.3 Å². The number of aryl methyl sites for hydroxylation is 1. The van der Waals surface area contributed by atoms with Gasteiger partial charge in [-0.15, -0.1) is 24.8 Å². The fraction of sp³-hybridized carbons (Fsp3) is 0.562. The van der Waals surface area contributed by atoms with Crippen LogP contribution in [0.1, 0.15) is 31.7 Å². The Kier molecular flexibility index (Phi) is 9.89. The maximum absolute atomic E-state index is 12.3. The van der Waals surface area contributed by atoms with Crippen LogP contribution in [0.4, 0.5) is 5.82 Å². The van der Waals surface area contributed by atoms with Crippen molar-refractivity contribution < 1.29 is 9.59 Å². The van der Waals surface area contributed by atoms with Gasteiger partial charge < -0.3 is 16.0 Å². The number of likely N-dealkylation sites (tertiary alicyclic amines) is 1. The van der Waals surface area contributed by atoms with Crippen molar-refractivity contribution in [2.24, 2.45) is 11.7 Å². The van der Waals surface area contributed by atoms with Crippen molar-refractivity contribution in [2.75, 3.05) is 18.4 Å². The number of carbonyl (C=O) groups is 2. The highest BCUT2D eigenvalue weighted by Gasteiger charge is 2.28. The second kappa shape index (κ2) is 10.5. The molecule has 0 aromatic carbocycles. The molecule has 1 aliphatic heterocycles. The summed E-state index contributed by atoms with van der Waals surface area (Å²) in [7, 11) is 0. The minimum absolute atomic E-state index is 0. The lowest BCUT2D eigenvalue weighted by Crippen LogP contribution is -2.45. The predicted molar refractivity (Wildman–Crippen MR) is 99.7 cm³/mol. The highest BCUT2D eigenvalue weighted by atomic mass is 35.5. The van der Waals surface area contributed by atoms with E-state index in [-0.39, 0.29) is 48.6 Å². The number of hydrogen-bond donors (Lipinski definition) is 2. The van der Waals surface area contributed by atoms with E-state index in [9.17, 15) is 9.59 Å². The van der Waals surface area contributed by atoms with E-state index in [2.05, 4.69) is 10.3 Å². The lowest BCUT2D eigenvalue weighted by Gasteiger charge is -2.32. The van der Waals surface area contributed by atoms with Crippen molar-refractivity contribution in [2.45, 2.75) is 39.2 Å². The van der Waals surface area contributed by atoms with Crippen LogP contribution in [0, 0.1) is 12.8 Å². The Bertz CT molecular complexity index is 537. The minimum Gasteiger partial charge on any atom is -0.342 e. The maximum Gasteiger partial charge on any atom is 0.230 e. The van der Waals surface area contributed by atoms with Gasteiger partial charge in [0.15, 0.2) is 0 Å².